The highest BCUT2D eigenvalue weighted by atomic mass is 32.2. The fourth-order valence-electron chi connectivity index (χ4n) is 2.39. The third-order valence-electron chi connectivity index (χ3n) is 3.96. The fourth-order valence-corrected chi connectivity index (χ4v) is 3.41. The van der Waals surface area contributed by atoms with Gasteiger partial charge in [0.15, 0.2) is 5.76 Å². The van der Waals surface area contributed by atoms with Gasteiger partial charge in [-0.1, -0.05) is 42.5 Å². The van der Waals surface area contributed by atoms with Crippen LogP contribution >= 0.6 is 0 Å². The summed E-state index contributed by atoms with van der Waals surface area (Å²) in [6, 6.07) is 18.7. The van der Waals surface area contributed by atoms with Crippen LogP contribution in [0.2, 0.25) is 0 Å². The van der Waals surface area contributed by atoms with Crippen molar-refractivity contribution in [3.8, 4) is 0 Å². The summed E-state index contributed by atoms with van der Waals surface area (Å²) in [4.78, 5) is 12.0. The predicted molar refractivity (Wildman–Crippen MR) is 105 cm³/mol. The van der Waals surface area contributed by atoms with Gasteiger partial charge in [0.2, 0.25) is 10.0 Å². The molecule has 0 aliphatic carbocycles. The molecule has 2 N–H and O–H groups in total. The predicted octanol–water partition coefficient (Wildman–Crippen LogP) is 2.91. The maximum atomic E-state index is 12.4. The van der Waals surface area contributed by atoms with Crippen LogP contribution in [-0.4, -0.2) is 20.0 Å². The lowest BCUT2D eigenvalue weighted by molar-refractivity contribution is 0.0927. The van der Waals surface area contributed by atoms with E-state index in [-0.39, 0.29) is 17.2 Å². The highest BCUT2D eigenvalue weighted by molar-refractivity contribution is 7.89. The van der Waals surface area contributed by atoms with E-state index in [4.69, 9.17) is 4.42 Å². The minimum Gasteiger partial charge on any atom is -0.459 e. The maximum Gasteiger partial charge on any atom is 0.307 e. The highest BCUT2D eigenvalue weighted by Gasteiger charge is 2.14. The Balaban J connectivity index is 1.64. The number of rotatable bonds is 7. The number of carbonyl (C=O) groups is 1. The summed E-state index contributed by atoms with van der Waals surface area (Å²) < 4.78 is 32.4. The molecule has 0 fully saturated rings. The Morgan fingerprint density at radius 3 is 2.36 bits per heavy atom. The Morgan fingerprint density at radius 2 is 1.71 bits per heavy atom. The van der Waals surface area contributed by atoms with Gasteiger partial charge in [0, 0.05) is 6.54 Å². The minimum absolute atomic E-state index is 0.152. The molecule has 1 aromatic heterocycles. The fraction of sp³-hybridized carbons (Fsp3) is 0.100. The molecule has 0 bridgehead atoms. The average molecular weight is 397 g/mol. The molecule has 3 aromatic rings. The molecule has 144 valence electrons. The zero-order valence-corrected chi connectivity index (χ0v) is 15.9. The van der Waals surface area contributed by atoms with Gasteiger partial charge in [-0.15, -0.1) is 0 Å². The van der Waals surface area contributed by atoms with Gasteiger partial charge in [-0.2, -0.15) is 5.10 Å². The van der Waals surface area contributed by atoms with Crippen LogP contribution in [0.5, 0.6) is 0 Å². The van der Waals surface area contributed by atoms with E-state index < -0.39 is 15.9 Å². The lowest BCUT2D eigenvalue weighted by Crippen LogP contribution is -2.23. The molecule has 0 aliphatic heterocycles. The first kappa shape index (κ1) is 19.5. The monoisotopic (exact) mass is 397 g/mol. The number of benzene rings is 2. The van der Waals surface area contributed by atoms with Crippen molar-refractivity contribution in [1.29, 1.82) is 0 Å². The average Bonchev–Trinajstić information content (AvgIpc) is 3.26. The topological polar surface area (TPSA) is 101 Å². The van der Waals surface area contributed by atoms with Crippen LogP contribution in [0, 0.1) is 0 Å². The van der Waals surface area contributed by atoms with Gasteiger partial charge >= 0.3 is 5.91 Å². The Bertz CT molecular complexity index is 1060. The molecular formula is C20H19N3O4S. The van der Waals surface area contributed by atoms with Crippen molar-refractivity contribution >= 4 is 21.6 Å². The van der Waals surface area contributed by atoms with Crippen LogP contribution in [0.4, 0.5) is 0 Å². The standard InChI is InChI=1S/C20H19N3O4S/c1-15(22-23-20(24)19-8-5-13-27-19)17-9-11-18(12-10-17)28(25,26)21-14-16-6-3-2-4-7-16/h2-13,21H,14H2,1H3,(H,23,24)/b22-15-. The molecule has 0 saturated carbocycles. The van der Waals surface area contributed by atoms with Gasteiger partial charge in [0.05, 0.1) is 16.9 Å². The van der Waals surface area contributed by atoms with Gasteiger partial charge in [0.25, 0.3) is 0 Å². The van der Waals surface area contributed by atoms with E-state index >= 15 is 0 Å². The molecule has 0 saturated heterocycles. The Hall–Kier alpha value is -3.23. The normalized spacial score (nSPS) is 12.0. The van der Waals surface area contributed by atoms with Gasteiger partial charge in [-0.05, 0) is 42.3 Å². The third kappa shape index (κ3) is 4.93. The second kappa shape index (κ2) is 8.64. The lowest BCUT2D eigenvalue weighted by atomic mass is 10.1. The van der Waals surface area contributed by atoms with Crippen molar-refractivity contribution in [1.82, 2.24) is 10.1 Å². The molecule has 2 aromatic carbocycles. The third-order valence-corrected chi connectivity index (χ3v) is 5.38. The summed E-state index contributed by atoms with van der Waals surface area (Å²) >= 11 is 0. The number of carbonyl (C=O) groups excluding carboxylic acids is 1. The summed E-state index contributed by atoms with van der Waals surface area (Å²) in [6.45, 7) is 1.92. The van der Waals surface area contributed by atoms with Crippen LogP contribution in [0.25, 0.3) is 0 Å². The molecule has 8 heteroatoms. The first-order valence-corrected chi connectivity index (χ1v) is 9.96. The Labute approximate surface area is 163 Å². The van der Waals surface area contributed by atoms with Crippen molar-refractivity contribution in [3.05, 3.63) is 89.9 Å². The van der Waals surface area contributed by atoms with Crippen LogP contribution in [0.3, 0.4) is 0 Å². The maximum absolute atomic E-state index is 12.4. The summed E-state index contributed by atoms with van der Waals surface area (Å²) in [5, 5.41) is 4.01. The smallest absolute Gasteiger partial charge is 0.307 e. The van der Waals surface area contributed by atoms with E-state index in [9.17, 15) is 13.2 Å². The number of hydrogen-bond donors (Lipinski definition) is 2. The van der Waals surface area contributed by atoms with E-state index in [1.807, 2.05) is 30.3 Å². The second-order valence-electron chi connectivity index (χ2n) is 5.95. The van der Waals surface area contributed by atoms with Crippen molar-refractivity contribution in [2.24, 2.45) is 5.10 Å². The lowest BCUT2D eigenvalue weighted by Gasteiger charge is -2.08. The van der Waals surface area contributed by atoms with Crippen molar-refractivity contribution in [2.45, 2.75) is 18.4 Å². The first-order chi connectivity index (χ1) is 13.5. The number of furan rings is 1. The quantitative estimate of drug-likeness (QED) is 0.473. The minimum atomic E-state index is -3.63. The molecule has 1 amide bonds. The van der Waals surface area contributed by atoms with E-state index in [0.717, 1.165) is 5.56 Å². The van der Waals surface area contributed by atoms with Crippen molar-refractivity contribution in [3.63, 3.8) is 0 Å². The molecule has 1 heterocycles. The van der Waals surface area contributed by atoms with Crippen LogP contribution in [0.1, 0.15) is 28.6 Å². The number of nitrogens with one attached hydrogen (secondary N) is 2. The Morgan fingerprint density at radius 1 is 1.00 bits per heavy atom. The summed E-state index contributed by atoms with van der Waals surface area (Å²) in [5.41, 5.74) is 4.48. The summed E-state index contributed by atoms with van der Waals surface area (Å²) in [6.07, 6.45) is 1.40. The van der Waals surface area contributed by atoms with Gasteiger partial charge in [0.1, 0.15) is 0 Å². The first-order valence-electron chi connectivity index (χ1n) is 8.48. The number of sulfonamides is 1. The second-order valence-corrected chi connectivity index (χ2v) is 7.72. The van der Waals surface area contributed by atoms with E-state index in [0.29, 0.717) is 11.3 Å². The van der Waals surface area contributed by atoms with Crippen LogP contribution in [-0.2, 0) is 16.6 Å². The van der Waals surface area contributed by atoms with Crippen molar-refractivity contribution in [2.75, 3.05) is 0 Å². The summed E-state index contributed by atoms with van der Waals surface area (Å²) in [5.74, 6) is -0.309. The largest absolute Gasteiger partial charge is 0.459 e. The van der Waals surface area contributed by atoms with Crippen LogP contribution < -0.4 is 10.1 Å². The molecular weight excluding hydrogens is 378 g/mol. The molecule has 0 spiro atoms. The van der Waals surface area contributed by atoms with E-state index in [2.05, 4.69) is 15.2 Å². The molecule has 0 radical (unpaired) electrons. The molecule has 3 rings (SSSR count). The van der Waals surface area contributed by atoms with Gasteiger partial charge in [-0.25, -0.2) is 18.6 Å². The molecule has 0 aliphatic rings. The van der Waals surface area contributed by atoms with Crippen molar-refractivity contribution < 1.29 is 17.6 Å². The zero-order chi connectivity index (χ0) is 20.0. The van der Waals surface area contributed by atoms with E-state index in [1.165, 1.54) is 24.5 Å². The number of amides is 1. The van der Waals surface area contributed by atoms with Gasteiger partial charge < -0.3 is 4.42 Å². The highest BCUT2D eigenvalue weighted by Crippen LogP contribution is 2.12. The van der Waals surface area contributed by atoms with Gasteiger partial charge in [-0.3, -0.25) is 4.79 Å². The zero-order valence-electron chi connectivity index (χ0n) is 15.1. The molecule has 7 nitrogen and oxygen atoms in total. The Kier molecular flexibility index (Phi) is 6.03. The number of hydrazone groups is 1. The summed E-state index contributed by atoms with van der Waals surface area (Å²) in [7, 11) is -3.63. The van der Waals surface area contributed by atoms with E-state index in [1.54, 1.807) is 25.1 Å². The molecule has 28 heavy (non-hydrogen) atoms. The van der Waals surface area contributed by atoms with Crippen LogP contribution in [0.15, 0.2) is 87.4 Å². The SMILES string of the molecule is C/C(=N/NC(=O)c1ccco1)c1ccc(S(=O)(=O)NCc2ccccc2)cc1. The number of hydrogen-bond acceptors (Lipinski definition) is 5. The molecule has 0 atom stereocenters. The number of nitrogens with zero attached hydrogens (tertiary/aromatic N) is 1. The molecule has 0 unspecified atom stereocenters.